The molecule has 2 aromatic carbocycles. The molecule has 4 atom stereocenters. The zero-order valence-corrected chi connectivity index (χ0v) is 25.7. The van der Waals surface area contributed by atoms with E-state index in [0.29, 0.717) is 30.7 Å². The van der Waals surface area contributed by atoms with Gasteiger partial charge in [0.05, 0.1) is 0 Å². The van der Waals surface area contributed by atoms with E-state index in [4.69, 9.17) is 4.74 Å². The zero-order chi connectivity index (χ0) is 30.9. The molecule has 0 bridgehead atoms. The van der Waals surface area contributed by atoms with Crippen LogP contribution in [-0.4, -0.2) is 71.3 Å². The predicted octanol–water partition coefficient (Wildman–Crippen LogP) is 6.43. The Morgan fingerprint density at radius 3 is 2.35 bits per heavy atom. The number of benzene rings is 2. The van der Waals surface area contributed by atoms with E-state index in [9.17, 15) is 23.5 Å². The number of carboxylic acid groups (broad SMARTS) is 1. The number of rotatable bonds is 13. The van der Waals surface area contributed by atoms with E-state index < -0.39 is 29.7 Å². The van der Waals surface area contributed by atoms with Gasteiger partial charge in [-0.05, 0) is 79.5 Å². The average molecular weight is 600 g/mol. The highest BCUT2D eigenvalue weighted by molar-refractivity contribution is 5.73. The molecule has 1 saturated heterocycles. The van der Waals surface area contributed by atoms with E-state index in [1.165, 1.54) is 17.7 Å². The molecule has 4 rings (SSSR count). The summed E-state index contributed by atoms with van der Waals surface area (Å²) in [6.07, 6.45) is 4.43. The summed E-state index contributed by atoms with van der Waals surface area (Å²) in [6, 6.07) is 13.3. The molecule has 2 unspecified atom stereocenters. The SMILES string of the molecule is CCCN(C(=O)OCc1cc(F)cc(F)c1)C1CCN(C[C@H]2CC(NC(CC(C)C)C(=O)O)C[C@@H]2c2ccccc2)CC1. The Kier molecular flexibility index (Phi) is 11.9. The van der Waals surface area contributed by atoms with Gasteiger partial charge in [0, 0.05) is 44.3 Å². The molecule has 9 heteroatoms. The van der Waals surface area contributed by atoms with Crippen molar-refractivity contribution in [2.75, 3.05) is 26.2 Å². The highest BCUT2D eigenvalue weighted by Gasteiger charge is 2.39. The first-order chi connectivity index (χ1) is 20.6. The number of carboxylic acids is 1. The number of nitrogens with zero attached hydrogens (tertiary/aromatic N) is 2. The summed E-state index contributed by atoms with van der Waals surface area (Å²) in [4.78, 5) is 29.2. The van der Waals surface area contributed by atoms with Gasteiger partial charge < -0.3 is 25.0 Å². The summed E-state index contributed by atoms with van der Waals surface area (Å²) in [5.74, 6) is -1.13. The van der Waals surface area contributed by atoms with Crippen LogP contribution in [-0.2, 0) is 16.1 Å². The van der Waals surface area contributed by atoms with Gasteiger partial charge in [-0.3, -0.25) is 4.79 Å². The van der Waals surface area contributed by atoms with Gasteiger partial charge in [0.25, 0.3) is 0 Å². The minimum absolute atomic E-state index is 0.0446. The Hall–Kier alpha value is -3.04. The van der Waals surface area contributed by atoms with Crippen LogP contribution in [0.15, 0.2) is 48.5 Å². The van der Waals surface area contributed by atoms with Gasteiger partial charge in [0.2, 0.25) is 0 Å². The number of likely N-dealkylation sites (tertiary alicyclic amines) is 1. The van der Waals surface area contributed by atoms with Crippen molar-refractivity contribution in [3.8, 4) is 0 Å². The molecule has 2 fully saturated rings. The van der Waals surface area contributed by atoms with Gasteiger partial charge in [-0.2, -0.15) is 0 Å². The van der Waals surface area contributed by atoms with Crippen molar-refractivity contribution in [3.05, 3.63) is 71.3 Å². The van der Waals surface area contributed by atoms with Crippen LogP contribution < -0.4 is 5.32 Å². The lowest BCUT2D eigenvalue weighted by Gasteiger charge is -2.39. The number of piperidine rings is 1. The molecule has 7 nitrogen and oxygen atoms in total. The van der Waals surface area contributed by atoms with E-state index in [1.807, 2.05) is 13.0 Å². The number of halogens is 2. The van der Waals surface area contributed by atoms with Crippen LogP contribution in [0.1, 0.15) is 76.3 Å². The summed E-state index contributed by atoms with van der Waals surface area (Å²) >= 11 is 0. The number of carbonyl (C=O) groups is 2. The van der Waals surface area contributed by atoms with Crippen molar-refractivity contribution in [2.45, 2.75) is 89.9 Å². The summed E-state index contributed by atoms with van der Waals surface area (Å²) in [5.41, 5.74) is 1.59. The smallest absolute Gasteiger partial charge is 0.410 e. The second-order valence-corrected chi connectivity index (χ2v) is 12.7. The number of hydrogen-bond donors (Lipinski definition) is 2. The van der Waals surface area contributed by atoms with Crippen molar-refractivity contribution >= 4 is 12.1 Å². The van der Waals surface area contributed by atoms with E-state index in [2.05, 4.69) is 48.3 Å². The fraction of sp³-hybridized carbons (Fsp3) is 0.588. The van der Waals surface area contributed by atoms with Crippen LogP contribution in [0.4, 0.5) is 13.6 Å². The zero-order valence-electron chi connectivity index (χ0n) is 25.7. The van der Waals surface area contributed by atoms with Crippen LogP contribution >= 0.6 is 0 Å². The third-order valence-corrected chi connectivity index (χ3v) is 8.84. The van der Waals surface area contributed by atoms with Gasteiger partial charge in [-0.25, -0.2) is 13.6 Å². The number of aliphatic carboxylic acids is 1. The van der Waals surface area contributed by atoms with Crippen LogP contribution in [0.25, 0.3) is 0 Å². The monoisotopic (exact) mass is 599 g/mol. The molecule has 1 amide bonds. The molecular weight excluding hydrogens is 552 g/mol. The Morgan fingerprint density at radius 2 is 1.74 bits per heavy atom. The van der Waals surface area contributed by atoms with Gasteiger partial charge in [-0.15, -0.1) is 0 Å². The van der Waals surface area contributed by atoms with Gasteiger partial charge in [-0.1, -0.05) is 51.1 Å². The molecule has 2 N–H and O–H groups in total. The van der Waals surface area contributed by atoms with E-state index >= 15 is 0 Å². The Bertz CT molecular complexity index is 1170. The van der Waals surface area contributed by atoms with E-state index in [0.717, 1.165) is 57.8 Å². The van der Waals surface area contributed by atoms with E-state index in [-0.39, 0.29) is 24.3 Å². The summed E-state index contributed by atoms with van der Waals surface area (Å²) in [7, 11) is 0. The lowest BCUT2D eigenvalue weighted by Crippen LogP contribution is -2.48. The predicted molar refractivity (Wildman–Crippen MR) is 163 cm³/mol. The molecule has 1 saturated carbocycles. The standard InChI is InChI=1S/C34H47F2N3O4/c1-4-12-39(34(42)43-22-24-16-27(35)19-28(36)17-24)30-10-13-38(14-11-30)21-26-18-29(37-32(33(40)41)15-23(2)3)20-31(26)25-8-6-5-7-9-25/h5-9,16-17,19,23,26,29-32,37H,4,10-15,18,20-22H2,1-3H3,(H,40,41)/t26-,29?,31-,32?/m1/s1. The first-order valence-electron chi connectivity index (χ1n) is 15.8. The molecule has 1 heterocycles. The van der Waals surface area contributed by atoms with Crippen molar-refractivity contribution < 1.29 is 28.2 Å². The van der Waals surface area contributed by atoms with Crippen LogP contribution in [0.2, 0.25) is 0 Å². The summed E-state index contributed by atoms with van der Waals surface area (Å²) < 4.78 is 32.6. The largest absolute Gasteiger partial charge is 0.480 e. The molecule has 43 heavy (non-hydrogen) atoms. The first kappa shape index (κ1) is 32.9. The van der Waals surface area contributed by atoms with Gasteiger partial charge in [0.1, 0.15) is 24.3 Å². The van der Waals surface area contributed by atoms with Crippen molar-refractivity contribution in [1.82, 2.24) is 15.1 Å². The topological polar surface area (TPSA) is 82.1 Å². The second-order valence-electron chi connectivity index (χ2n) is 12.7. The van der Waals surface area contributed by atoms with Crippen LogP contribution in [0.3, 0.4) is 0 Å². The molecular formula is C34H47F2N3O4. The fourth-order valence-electron chi connectivity index (χ4n) is 6.90. The highest BCUT2D eigenvalue weighted by atomic mass is 19.1. The maximum atomic E-state index is 13.6. The molecule has 0 spiro atoms. The molecule has 236 valence electrons. The maximum Gasteiger partial charge on any atom is 0.410 e. The number of nitrogens with one attached hydrogen (secondary N) is 1. The third kappa shape index (κ3) is 9.47. The van der Waals surface area contributed by atoms with Gasteiger partial charge >= 0.3 is 12.1 Å². The molecule has 0 radical (unpaired) electrons. The number of ether oxygens (including phenoxy) is 1. The summed E-state index contributed by atoms with van der Waals surface area (Å²) in [5, 5.41) is 13.3. The summed E-state index contributed by atoms with van der Waals surface area (Å²) in [6.45, 7) is 9.15. The van der Waals surface area contributed by atoms with Gasteiger partial charge in [0.15, 0.2) is 0 Å². The molecule has 0 aromatic heterocycles. The molecule has 2 aromatic rings. The van der Waals surface area contributed by atoms with Crippen LogP contribution in [0, 0.1) is 23.5 Å². The quantitative estimate of drug-likeness (QED) is 0.276. The second kappa shape index (κ2) is 15.6. The Labute approximate surface area is 254 Å². The lowest BCUT2D eigenvalue weighted by molar-refractivity contribution is -0.140. The van der Waals surface area contributed by atoms with Crippen molar-refractivity contribution in [3.63, 3.8) is 0 Å². The minimum Gasteiger partial charge on any atom is -0.480 e. The third-order valence-electron chi connectivity index (χ3n) is 8.84. The normalized spacial score (nSPS) is 22.0. The minimum atomic E-state index is -0.784. The fourth-order valence-corrected chi connectivity index (χ4v) is 6.90. The average Bonchev–Trinajstić information content (AvgIpc) is 3.36. The molecule has 2 aliphatic rings. The maximum absolute atomic E-state index is 13.6. The van der Waals surface area contributed by atoms with Crippen molar-refractivity contribution in [2.24, 2.45) is 11.8 Å². The van der Waals surface area contributed by atoms with Crippen molar-refractivity contribution in [1.29, 1.82) is 0 Å². The lowest BCUT2D eigenvalue weighted by atomic mass is 9.88. The first-order valence-corrected chi connectivity index (χ1v) is 15.8. The number of hydrogen-bond acceptors (Lipinski definition) is 5. The molecule has 1 aliphatic heterocycles. The molecule has 1 aliphatic carbocycles. The number of amides is 1. The van der Waals surface area contributed by atoms with E-state index in [1.54, 1.807) is 4.90 Å². The highest BCUT2D eigenvalue weighted by Crippen LogP contribution is 2.41. The Balaban J connectivity index is 1.35. The number of carbonyl (C=O) groups excluding carboxylic acids is 1. The van der Waals surface area contributed by atoms with Crippen LogP contribution in [0.5, 0.6) is 0 Å². The Morgan fingerprint density at radius 1 is 1.07 bits per heavy atom.